The second-order valence-electron chi connectivity index (χ2n) is 4.54. The van der Waals surface area contributed by atoms with Gasteiger partial charge in [0, 0.05) is 25.9 Å². The van der Waals surface area contributed by atoms with Crippen molar-refractivity contribution in [2.75, 3.05) is 25.5 Å². The molecule has 2 N–H and O–H groups in total. The Kier molecular flexibility index (Phi) is 4.37. The number of amides is 1. The third-order valence-corrected chi connectivity index (χ3v) is 2.79. The van der Waals surface area contributed by atoms with Gasteiger partial charge in [0.2, 0.25) is 0 Å². The molecule has 2 aromatic heterocycles. The summed E-state index contributed by atoms with van der Waals surface area (Å²) in [6, 6.07) is 6.66. The van der Waals surface area contributed by atoms with Gasteiger partial charge in [-0.15, -0.1) is 0 Å². The number of hydrogen-bond acceptors (Lipinski definition) is 5. The number of carbonyl (C=O) groups is 1. The van der Waals surface area contributed by atoms with E-state index in [1.807, 2.05) is 19.0 Å². The van der Waals surface area contributed by atoms with Crippen LogP contribution in [-0.4, -0.2) is 36.6 Å². The van der Waals surface area contributed by atoms with E-state index < -0.39 is 6.10 Å². The summed E-state index contributed by atoms with van der Waals surface area (Å²) >= 11 is 0. The second kappa shape index (κ2) is 6.21. The summed E-state index contributed by atoms with van der Waals surface area (Å²) in [5.74, 6) is 0.861. The highest BCUT2D eigenvalue weighted by atomic mass is 16.4. The van der Waals surface area contributed by atoms with E-state index in [-0.39, 0.29) is 12.5 Å². The molecule has 106 valence electrons. The molecule has 0 fully saturated rings. The Balaban J connectivity index is 1.96. The van der Waals surface area contributed by atoms with Crippen molar-refractivity contribution >= 4 is 11.7 Å². The van der Waals surface area contributed by atoms with Gasteiger partial charge in [0.1, 0.15) is 17.7 Å². The molecule has 1 amide bonds. The SMILES string of the molecule is CN(C)c1cc(C(=O)NCC(O)c2ccco2)ccn1. The summed E-state index contributed by atoms with van der Waals surface area (Å²) in [5.41, 5.74) is 0.496. The largest absolute Gasteiger partial charge is 0.467 e. The van der Waals surface area contributed by atoms with Crippen molar-refractivity contribution in [2.45, 2.75) is 6.10 Å². The normalized spacial score (nSPS) is 11.9. The van der Waals surface area contributed by atoms with Crippen LogP contribution in [0.5, 0.6) is 0 Å². The maximum Gasteiger partial charge on any atom is 0.251 e. The predicted molar refractivity (Wildman–Crippen MR) is 74.6 cm³/mol. The standard InChI is InChI=1S/C14H17N3O3/c1-17(2)13-8-10(5-6-15-13)14(19)16-9-11(18)12-4-3-7-20-12/h3-8,11,18H,9H2,1-2H3,(H,16,19). The molecule has 6 heteroatoms. The lowest BCUT2D eigenvalue weighted by Crippen LogP contribution is -2.28. The van der Waals surface area contributed by atoms with Crippen LogP contribution in [0.3, 0.4) is 0 Å². The van der Waals surface area contributed by atoms with Crippen LogP contribution in [0.15, 0.2) is 41.1 Å². The Morgan fingerprint density at radius 2 is 2.30 bits per heavy atom. The molecular formula is C14H17N3O3. The van der Waals surface area contributed by atoms with Gasteiger partial charge in [-0.25, -0.2) is 4.98 Å². The molecule has 2 rings (SSSR count). The minimum atomic E-state index is -0.857. The molecule has 2 heterocycles. The van der Waals surface area contributed by atoms with E-state index in [0.29, 0.717) is 17.1 Å². The van der Waals surface area contributed by atoms with Gasteiger partial charge in [-0.3, -0.25) is 4.79 Å². The minimum absolute atomic E-state index is 0.0893. The molecule has 6 nitrogen and oxygen atoms in total. The lowest BCUT2D eigenvalue weighted by Gasteiger charge is -2.13. The molecule has 0 aliphatic rings. The van der Waals surface area contributed by atoms with Crippen LogP contribution in [0, 0.1) is 0 Å². The quantitative estimate of drug-likeness (QED) is 0.857. The van der Waals surface area contributed by atoms with Gasteiger partial charge < -0.3 is 19.7 Å². The fourth-order valence-electron chi connectivity index (χ4n) is 1.68. The number of rotatable bonds is 5. The Morgan fingerprint density at radius 1 is 1.50 bits per heavy atom. The van der Waals surface area contributed by atoms with Gasteiger partial charge in [-0.2, -0.15) is 0 Å². The first-order valence-corrected chi connectivity index (χ1v) is 6.21. The molecule has 0 aliphatic carbocycles. The van der Waals surface area contributed by atoms with Gasteiger partial charge in [-0.1, -0.05) is 0 Å². The minimum Gasteiger partial charge on any atom is -0.467 e. The Morgan fingerprint density at radius 3 is 2.95 bits per heavy atom. The molecule has 0 spiro atoms. The van der Waals surface area contributed by atoms with E-state index >= 15 is 0 Å². The molecule has 0 bridgehead atoms. The highest BCUT2D eigenvalue weighted by Gasteiger charge is 2.13. The number of aromatic nitrogens is 1. The molecule has 0 aliphatic heterocycles. The van der Waals surface area contributed by atoms with E-state index in [4.69, 9.17) is 4.42 Å². The molecule has 0 radical (unpaired) electrons. The summed E-state index contributed by atoms with van der Waals surface area (Å²) in [6.07, 6.45) is 2.20. The predicted octanol–water partition coefficient (Wildman–Crippen LogP) is 1.20. The summed E-state index contributed by atoms with van der Waals surface area (Å²) < 4.78 is 5.07. The highest BCUT2D eigenvalue weighted by molar-refractivity contribution is 5.94. The van der Waals surface area contributed by atoms with Gasteiger partial charge in [0.25, 0.3) is 5.91 Å². The lowest BCUT2D eigenvalue weighted by molar-refractivity contribution is 0.0901. The average molecular weight is 275 g/mol. The molecule has 0 saturated carbocycles. The van der Waals surface area contributed by atoms with Crippen molar-refractivity contribution in [3.8, 4) is 0 Å². The third-order valence-electron chi connectivity index (χ3n) is 2.79. The second-order valence-corrected chi connectivity index (χ2v) is 4.54. The fourth-order valence-corrected chi connectivity index (χ4v) is 1.68. The molecule has 2 aromatic rings. The summed E-state index contributed by atoms with van der Waals surface area (Å²) in [6.45, 7) is 0.0893. The smallest absolute Gasteiger partial charge is 0.251 e. The highest BCUT2D eigenvalue weighted by Crippen LogP contribution is 2.13. The number of nitrogens with zero attached hydrogens (tertiary/aromatic N) is 2. The number of nitrogens with one attached hydrogen (secondary N) is 1. The zero-order valence-electron chi connectivity index (χ0n) is 11.4. The van der Waals surface area contributed by atoms with E-state index in [1.54, 1.807) is 30.5 Å². The van der Waals surface area contributed by atoms with Crippen LogP contribution in [0.4, 0.5) is 5.82 Å². The van der Waals surface area contributed by atoms with E-state index in [1.165, 1.54) is 6.26 Å². The van der Waals surface area contributed by atoms with Crippen molar-refractivity contribution < 1.29 is 14.3 Å². The Labute approximate surface area is 117 Å². The molecular weight excluding hydrogens is 258 g/mol. The number of hydrogen-bond donors (Lipinski definition) is 2. The van der Waals surface area contributed by atoms with Gasteiger partial charge >= 0.3 is 0 Å². The van der Waals surface area contributed by atoms with E-state index in [2.05, 4.69) is 10.3 Å². The number of pyridine rings is 1. The number of aliphatic hydroxyl groups is 1. The maximum absolute atomic E-state index is 12.0. The van der Waals surface area contributed by atoms with Crippen LogP contribution in [0.25, 0.3) is 0 Å². The first kappa shape index (κ1) is 14.1. The number of carbonyl (C=O) groups excluding carboxylic acids is 1. The third kappa shape index (κ3) is 3.36. The summed E-state index contributed by atoms with van der Waals surface area (Å²) in [7, 11) is 3.70. The molecule has 0 aromatic carbocycles. The van der Waals surface area contributed by atoms with Crippen LogP contribution in [0.2, 0.25) is 0 Å². The Bertz CT molecular complexity index is 567. The van der Waals surface area contributed by atoms with E-state index in [9.17, 15) is 9.90 Å². The molecule has 20 heavy (non-hydrogen) atoms. The maximum atomic E-state index is 12.0. The van der Waals surface area contributed by atoms with Gasteiger partial charge in [-0.05, 0) is 24.3 Å². The lowest BCUT2D eigenvalue weighted by atomic mass is 10.2. The van der Waals surface area contributed by atoms with Gasteiger partial charge in [0.15, 0.2) is 0 Å². The van der Waals surface area contributed by atoms with Crippen molar-refractivity contribution in [1.29, 1.82) is 0 Å². The van der Waals surface area contributed by atoms with Crippen molar-refractivity contribution in [3.05, 3.63) is 48.0 Å². The van der Waals surface area contributed by atoms with Crippen LogP contribution >= 0.6 is 0 Å². The molecule has 1 unspecified atom stereocenters. The van der Waals surface area contributed by atoms with Crippen LogP contribution in [0.1, 0.15) is 22.2 Å². The van der Waals surface area contributed by atoms with Crippen molar-refractivity contribution in [1.82, 2.24) is 10.3 Å². The van der Waals surface area contributed by atoms with Crippen molar-refractivity contribution in [2.24, 2.45) is 0 Å². The topological polar surface area (TPSA) is 78.6 Å². The number of anilines is 1. The van der Waals surface area contributed by atoms with Gasteiger partial charge in [0.05, 0.1) is 12.8 Å². The molecule has 0 saturated heterocycles. The summed E-state index contributed by atoms with van der Waals surface area (Å²) in [5, 5.41) is 12.5. The summed E-state index contributed by atoms with van der Waals surface area (Å²) in [4.78, 5) is 17.9. The zero-order valence-corrected chi connectivity index (χ0v) is 11.4. The number of furan rings is 1. The first-order valence-electron chi connectivity index (χ1n) is 6.21. The Hall–Kier alpha value is -2.34. The van der Waals surface area contributed by atoms with Crippen LogP contribution < -0.4 is 10.2 Å². The van der Waals surface area contributed by atoms with E-state index in [0.717, 1.165) is 0 Å². The number of aliphatic hydroxyl groups excluding tert-OH is 1. The van der Waals surface area contributed by atoms with Crippen molar-refractivity contribution in [3.63, 3.8) is 0 Å². The first-order chi connectivity index (χ1) is 9.58. The van der Waals surface area contributed by atoms with Crippen LogP contribution in [-0.2, 0) is 0 Å². The monoisotopic (exact) mass is 275 g/mol. The average Bonchev–Trinajstić information content (AvgIpc) is 2.98. The fraction of sp³-hybridized carbons (Fsp3) is 0.286. The molecule has 1 atom stereocenters. The zero-order chi connectivity index (χ0) is 14.5.